The van der Waals surface area contributed by atoms with Crippen molar-refractivity contribution >= 4 is 33.8 Å². The van der Waals surface area contributed by atoms with E-state index in [9.17, 15) is 14.4 Å². The number of esters is 3. The summed E-state index contributed by atoms with van der Waals surface area (Å²) in [6.45, 7) is 3.48. The fourth-order valence-electron chi connectivity index (χ4n) is 3.61. The van der Waals surface area contributed by atoms with E-state index in [1.165, 1.54) is 14.2 Å². The van der Waals surface area contributed by atoms with Crippen molar-refractivity contribution in [1.29, 1.82) is 0 Å². The van der Waals surface area contributed by atoms with Gasteiger partial charge < -0.3 is 19.5 Å². The van der Waals surface area contributed by atoms with Crippen LogP contribution in [0.1, 0.15) is 35.7 Å². The molecule has 2 aromatic rings. The Morgan fingerprint density at radius 2 is 1.34 bits per heavy atom. The van der Waals surface area contributed by atoms with Crippen LogP contribution in [0.3, 0.4) is 0 Å². The molecule has 0 saturated heterocycles. The highest BCUT2D eigenvalue weighted by Crippen LogP contribution is 2.39. The first-order valence-corrected chi connectivity index (χ1v) is 10.5. The topological polar surface area (TPSA) is 90.9 Å². The summed E-state index contributed by atoms with van der Waals surface area (Å²) in [6, 6.07) is 13.6. The van der Waals surface area contributed by atoms with Gasteiger partial charge >= 0.3 is 17.9 Å². The van der Waals surface area contributed by atoms with Gasteiger partial charge in [-0.3, -0.25) is 0 Å². The van der Waals surface area contributed by atoms with Crippen LogP contribution in [0.5, 0.6) is 5.75 Å². The molecule has 1 aliphatic heterocycles. The molecule has 1 aliphatic rings. The SMILES string of the molecule is COC(=O)C1=C(C)NC(C)=C(C(=O)OC)C1c1ccc(OC(=O)c2ccccc2Br)cc1. The lowest BCUT2D eigenvalue weighted by Crippen LogP contribution is -2.32. The third-order valence-electron chi connectivity index (χ3n) is 5.09. The van der Waals surface area contributed by atoms with Crippen molar-refractivity contribution in [2.24, 2.45) is 0 Å². The summed E-state index contributed by atoms with van der Waals surface area (Å²) < 4.78 is 16.0. The van der Waals surface area contributed by atoms with Crippen LogP contribution in [0.2, 0.25) is 0 Å². The van der Waals surface area contributed by atoms with Crippen LogP contribution in [-0.4, -0.2) is 32.1 Å². The van der Waals surface area contributed by atoms with Gasteiger partial charge in [-0.15, -0.1) is 0 Å². The summed E-state index contributed by atoms with van der Waals surface area (Å²) in [5, 5.41) is 3.05. The van der Waals surface area contributed by atoms with E-state index in [0.29, 0.717) is 43.9 Å². The Bertz CT molecular complexity index is 1100. The molecule has 1 heterocycles. The number of rotatable bonds is 5. The smallest absolute Gasteiger partial charge is 0.344 e. The Labute approximate surface area is 194 Å². The Kier molecular flexibility index (Phi) is 7.15. The van der Waals surface area contributed by atoms with Crippen molar-refractivity contribution in [1.82, 2.24) is 5.32 Å². The van der Waals surface area contributed by atoms with Crippen molar-refractivity contribution in [3.63, 3.8) is 0 Å². The first kappa shape index (κ1) is 23.3. The molecule has 0 amide bonds. The largest absolute Gasteiger partial charge is 0.466 e. The molecule has 2 aromatic carbocycles. The number of carbonyl (C=O) groups is 3. The van der Waals surface area contributed by atoms with Gasteiger partial charge in [0, 0.05) is 15.9 Å². The van der Waals surface area contributed by atoms with E-state index in [2.05, 4.69) is 21.2 Å². The van der Waals surface area contributed by atoms with Crippen LogP contribution in [0, 0.1) is 0 Å². The van der Waals surface area contributed by atoms with E-state index in [-0.39, 0.29) is 0 Å². The van der Waals surface area contributed by atoms with Crippen LogP contribution in [0.25, 0.3) is 0 Å². The summed E-state index contributed by atoms with van der Waals surface area (Å²) in [7, 11) is 2.57. The van der Waals surface area contributed by atoms with Crippen molar-refractivity contribution in [2.45, 2.75) is 19.8 Å². The highest BCUT2D eigenvalue weighted by molar-refractivity contribution is 9.10. The predicted octanol–water partition coefficient (Wildman–Crippen LogP) is 4.25. The molecule has 1 N–H and O–H groups in total. The Morgan fingerprint density at radius 1 is 0.812 bits per heavy atom. The van der Waals surface area contributed by atoms with Crippen LogP contribution in [0.4, 0.5) is 0 Å². The molecule has 7 nitrogen and oxygen atoms in total. The molecule has 32 heavy (non-hydrogen) atoms. The third-order valence-corrected chi connectivity index (χ3v) is 5.78. The number of benzene rings is 2. The number of dihydropyridines is 1. The van der Waals surface area contributed by atoms with E-state index < -0.39 is 23.8 Å². The molecule has 0 fully saturated rings. The average molecular weight is 500 g/mol. The zero-order valence-corrected chi connectivity index (χ0v) is 19.6. The van der Waals surface area contributed by atoms with Gasteiger partial charge in [0.05, 0.1) is 36.8 Å². The summed E-state index contributed by atoms with van der Waals surface area (Å²) in [6.07, 6.45) is 0. The normalized spacial score (nSPS) is 14.0. The molecule has 0 atom stereocenters. The quantitative estimate of drug-likeness (QED) is 0.485. The lowest BCUT2D eigenvalue weighted by atomic mass is 9.80. The lowest BCUT2D eigenvalue weighted by molar-refractivity contribution is -0.137. The number of carbonyl (C=O) groups excluding carboxylic acids is 3. The average Bonchev–Trinajstić information content (AvgIpc) is 2.78. The lowest BCUT2D eigenvalue weighted by Gasteiger charge is -2.30. The maximum Gasteiger partial charge on any atom is 0.344 e. The van der Waals surface area contributed by atoms with E-state index in [4.69, 9.17) is 14.2 Å². The molecule has 166 valence electrons. The number of hydrogen-bond donors (Lipinski definition) is 1. The molecular formula is C24H22BrNO6. The fraction of sp³-hybridized carbons (Fsp3) is 0.208. The number of ether oxygens (including phenoxy) is 3. The highest BCUT2D eigenvalue weighted by atomic mass is 79.9. The number of methoxy groups -OCH3 is 2. The monoisotopic (exact) mass is 499 g/mol. The van der Waals surface area contributed by atoms with Gasteiger partial charge in [-0.1, -0.05) is 24.3 Å². The summed E-state index contributed by atoms with van der Waals surface area (Å²) in [5.41, 5.74) is 2.81. The summed E-state index contributed by atoms with van der Waals surface area (Å²) >= 11 is 3.33. The van der Waals surface area contributed by atoms with Crippen LogP contribution >= 0.6 is 15.9 Å². The van der Waals surface area contributed by atoms with Gasteiger partial charge in [-0.2, -0.15) is 0 Å². The van der Waals surface area contributed by atoms with Gasteiger partial charge in [-0.05, 0) is 59.6 Å². The molecule has 0 spiro atoms. The first-order valence-electron chi connectivity index (χ1n) is 9.70. The molecule has 0 unspecified atom stereocenters. The number of halogens is 1. The number of nitrogens with one attached hydrogen (secondary N) is 1. The van der Waals surface area contributed by atoms with Crippen LogP contribution in [0.15, 0.2) is 75.5 Å². The van der Waals surface area contributed by atoms with Crippen molar-refractivity contribution in [2.75, 3.05) is 14.2 Å². The molecule has 0 aromatic heterocycles. The minimum atomic E-state index is -0.704. The number of hydrogen-bond acceptors (Lipinski definition) is 7. The number of allylic oxidation sites excluding steroid dienone is 2. The van der Waals surface area contributed by atoms with Gasteiger partial charge in [0.2, 0.25) is 0 Å². The Hall–Kier alpha value is -3.39. The van der Waals surface area contributed by atoms with E-state index in [0.717, 1.165) is 0 Å². The fourth-order valence-corrected chi connectivity index (χ4v) is 4.05. The van der Waals surface area contributed by atoms with Crippen molar-refractivity contribution < 1.29 is 28.6 Å². The standard InChI is InChI=1S/C24H22BrNO6/c1-13-19(23(28)30-3)21(20(14(2)26-13)24(29)31-4)15-9-11-16(12-10-15)32-22(27)17-7-5-6-8-18(17)25/h5-12,21,26H,1-4H3. The second-order valence-electron chi connectivity index (χ2n) is 7.06. The Morgan fingerprint density at radius 3 is 1.84 bits per heavy atom. The zero-order valence-electron chi connectivity index (χ0n) is 18.0. The third kappa shape index (κ3) is 4.60. The van der Waals surface area contributed by atoms with Crippen LogP contribution < -0.4 is 10.1 Å². The van der Waals surface area contributed by atoms with Gasteiger partial charge in [0.25, 0.3) is 0 Å². The maximum atomic E-state index is 12.6. The predicted molar refractivity (Wildman–Crippen MR) is 121 cm³/mol. The van der Waals surface area contributed by atoms with E-state index in [1.807, 2.05) is 0 Å². The van der Waals surface area contributed by atoms with Crippen molar-refractivity contribution in [3.8, 4) is 5.75 Å². The molecule has 8 heteroatoms. The zero-order chi connectivity index (χ0) is 23.4. The molecule has 0 radical (unpaired) electrons. The van der Waals surface area contributed by atoms with Crippen molar-refractivity contribution in [3.05, 3.63) is 86.7 Å². The Balaban J connectivity index is 1.97. The minimum Gasteiger partial charge on any atom is -0.466 e. The molecule has 0 aliphatic carbocycles. The van der Waals surface area contributed by atoms with E-state index >= 15 is 0 Å². The minimum absolute atomic E-state index is 0.302. The molecule has 3 rings (SSSR count). The molecule has 0 bridgehead atoms. The van der Waals surface area contributed by atoms with E-state index in [1.54, 1.807) is 62.4 Å². The van der Waals surface area contributed by atoms with Crippen LogP contribution in [-0.2, 0) is 19.1 Å². The molecule has 0 saturated carbocycles. The second-order valence-corrected chi connectivity index (χ2v) is 7.91. The van der Waals surface area contributed by atoms with Gasteiger partial charge in [0.15, 0.2) is 0 Å². The first-order chi connectivity index (χ1) is 15.3. The van der Waals surface area contributed by atoms with Gasteiger partial charge in [-0.25, -0.2) is 14.4 Å². The maximum absolute atomic E-state index is 12.6. The molecular weight excluding hydrogens is 478 g/mol. The second kappa shape index (κ2) is 9.82. The summed E-state index contributed by atoms with van der Waals surface area (Å²) in [4.78, 5) is 37.6. The van der Waals surface area contributed by atoms with Gasteiger partial charge in [0.1, 0.15) is 5.75 Å². The summed E-state index contributed by atoms with van der Waals surface area (Å²) in [5.74, 6) is -2.01. The highest BCUT2D eigenvalue weighted by Gasteiger charge is 2.37.